The van der Waals surface area contributed by atoms with Crippen molar-refractivity contribution in [2.24, 2.45) is 0 Å². The van der Waals surface area contributed by atoms with Crippen molar-refractivity contribution in [2.75, 3.05) is 40.3 Å². The summed E-state index contributed by atoms with van der Waals surface area (Å²) in [7, 11) is 3.37. The van der Waals surface area contributed by atoms with Crippen molar-refractivity contribution >= 4 is 41.0 Å². The van der Waals surface area contributed by atoms with Gasteiger partial charge in [-0.15, -0.1) is 0 Å². The lowest BCUT2D eigenvalue weighted by Gasteiger charge is -2.56. The highest BCUT2D eigenvalue weighted by Gasteiger charge is 2.56. The molecule has 0 spiro atoms. The van der Waals surface area contributed by atoms with Crippen LogP contribution in [0.4, 0.5) is 0 Å². The van der Waals surface area contributed by atoms with Gasteiger partial charge in [-0.1, -0.05) is 29.3 Å². The van der Waals surface area contributed by atoms with Gasteiger partial charge in [-0.25, -0.2) is 9.59 Å². The van der Waals surface area contributed by atoms with Crippen LogP contribution >= 0.6 is 23.2 Å². The topological polar surface area (TPSA) is 66.9 Å². The summed E-state index contributed by atoms with van der Waals surface area (Å²) in [6, 6.07) is 12.3. The SMILES string of the molecule is COC(=O)c1ccc(C(=O)[N+]2(C)CCN(C(=O)Cc3ccc(Cl)c(Cl)c3)C3C(N4CCCC4)CCCC32)cc1. The molecule has 2 saturated heterocycles. The van der Waals surface area contributed by atoms with Gasteiger partial charge in [-0.2, -0.15) is 0 Å². The highest BCUT2D eigenvalue weighted by atomic mass is 35.5. The first-order valence-electron chi connectivity index (χ1n) is 13.8. The van der Waals surface area contributed by atoms with Gasteiger partial charge in [0.05, 0.1) is 54.3 Å². The van der Waals surface area contributed by atoms with Crippen LogP contribution < -0.4 is 0 Å². The first-order chi connectivity index (χ1) is 18.7. The molecule has 2 amide bonds. The third-order valence-electron chi connectivity index (χ3n) is 8.97. The highest BCUT2D eigenvalue weighted by Crippen LogP contribution is 2.39. The maximum absolute atomic E-state index is 14.1. The normalized spacial score (nSPS) is 27.2. The van der Waals surface area contributed by atoms with Crippen LogP contribution in [0.5, 0.6) is 0 Å². The zero-order valence-electron chi connectivity index (χ0n) is 22.6. The number of piperazine rings is 1. The summed E-state index contributed by atoms with van der Waals surface area (Å²) in [5.74, 6) is -0.333. The molecule has 2 aromatic carbocycles. The number of rotatable bonds is 5. The fourth-order valence-electron chi connectivity index (χ4n) is 6.90. The number of likely N-dealkylation sites (N-methyl/N-ethyl adjacent to an activating group) is 1. The number of benzene rings is 2. The summed E-state index contributed by atoms with van der Waals surface area (Å²) < 4.78 is 5.06. The molecule has 0 radical (unpaired) electrons. The van der Waals surface area contributed by atoms with E-state index >= 15 is 0 Å². The second-order valence-electron chi connectivity index (χ2n) is 11.2. The monoisotopic (exact) mass is 572 g/mol. The third kappa shape index (κ3) is 5.47. The summed E-state index contributed by atoms with van der Waals surface area (Å²) in [6.45, 7) is 3.12. The second kappa shape index (κ2) is 11.6. The van der Waals surface area contributed by atoms with Gasteiger partial charge in [0.1, 0.15) is 12.6 Å². The lowest BCUT2D eigenvalue weighted by atomic mass is 9.79. The van der Waals surface area contributed by atoms with E-state index < -0.39 is 5.97 Å². The van der Waals surface area contributed by atoms with Gasteiger partial charge in [0.15, 0.2) is 0 Å². The number of hydrogen-bond acceptors (Lipinski definition) is 5. The van der Waals surface area contributed by atoms with Gasteiger partial charge in [0.25, 0.3) is 0 Å². The molecule has 1 aliphatic carbocycles. The molecule has 0 bridgehead atoms. The standard InChI is InChI=1S/C30H36Cl2N3O4/c1-35(29(37)21-9-11-22(12-10-21)30(38)39-2)17-16-34(27(36)19-20-8-13-23(31)24(32)18-20)28-25(6-5-7-26(28)35)33-14-3-4-15-33/h8-13,18,25-26,28H,3-7,14-17,19H2,1-2H3/q+1. The van der Waals surface area contributed by atoms with Crippen molar-refractivity contribution in [3.05, 3.63) is 69.2 Å². The molecule has 0 aromatic heterocycles. The molecule has 4 unspecified atom stereocenters. The lowest BCUT2D eigenvalue weighted by molar-refractivity contribution is -0.865. The number of hydrogen-bond donors (Lipinski definition) is 0. The minimum Gasteiger partial charge on any atom is -0.465 e. The molecule has 5 rings (SSSR count). The van der Waals surface area contributed by atoms with Crippen molar-refractivity contribution in [1.82, 2.24) is 9.80 Å². The van der Waals surface area contributed by atoms with Crippen LogP contribution in [0.1, 0.15) is 58.4 Å². The fourth-order valence-corrected chi connectivity index (χ4v) is 7.22. The Bertz CT molecular complexity index is 1250. The Hall–Kier alpha value is -2.45. The zero-order chi connectivity index (χ0) is 27.7. The van der Waals surface area contributed by atoms with Crippen LogP contribution in [0.2, 0.25) is 10.0 Å². The number of amides is 2. The fraction of sp³-hybridized carbons (Fsp3) is 0.500. The summed E-state index contributed by atoms with van der Waals surface area (Å²) in [5.41, 5.74) is 1.82. The minimum atomic E-state index is -0.427. The predicted molar refractivity (Wildman–Crippen MR) is 151 cm³/mol. The van der Waals surface area contributed by atoms with Crippen molar-refractivity contribution < 1.29 is 23.6 Å². The number of halogens is 2. The molecule has 7 nitrogen and oxygen atoms in total. The van der Waals surface area contributed by atoms with E-state index in [4.69, 9.17) is 27.9 Å². The van der Waals surface area contributed by atoms with Gasteiger partial charge in [-0.3, -0.25) is 14.2 Å². The minimum absolute atomic E-state index is 0.0105. The predicted octanol–water partition coefficient (Wildman–Crippen LogP) is 4.84. The first-order valence-corrected chi connectivity index (χ1v) is 14.5. The molecule has 208 valence electrons. The molecule has 3 aliphatic rings. The van der Waals surface area contributed by atoms with E-state index in [9.17, 15) is 14.4 Å². The molecule has 2 heterocycles. The Balaban J connectivity index is 1.45. The molecule has 4 atom stereocenters. The molecule has 9 heteroatoms. The Kier molecular flexibility index (Phi) is 8.34. The Labute approximate surface area is 240 Å². The molecule has 1 saturated carbocycles. The molecule has 2 aliphatic heterocycles. The number of likely N-dealkylation sites (tertiary alicyclic amines) is 1. The number of carbonyl (C=O) groups is 3. The number of esters is 1. The largest absolute Gasteiger partial charge is 0.465 e. The third-order valence-corrected chi connectivity index (χ3v) is 9.71. The van der Waals surface area contributed by atoms with E-state index in [1.54, 1.807) is 36.4 Å². The number of nitrogens with zero attached hydrogens (tertiary/aromatic N) is 3. The number of fused-ring (bicyclic) bond motifs is 1. The van der Waals surface area contributed by atoms with Gasteiger partial charge in [-0.05, 0) is 80.7 Å². The Morgan fingerprint density at radius 2 is 1.62 bits per heavy atom. The van der Waals surface area contributed by atoms with Gasteiger partial charge >= 0.3 is 11.9 Å². The van der Waals surface area contributed by atoms with E-state index in [-0.39, 0.29) is 40.8 Å². The van der Waals surface area contributed by atoms with Crippen LogP contribution in [0.25, 0.3) is 0 Å². The van der Waals surface area contributed by atoms with E-state index in [0.29, 0.717) is 34.3 Å². The summed E-state index contributed by atoms with van der Waals surface area (Å²) >= 11 is 12.3. The van der Waals surface area contributed by atoms with Crippen LogP contribution in [0.3, 0.4) is 0 Å². The van der Waals surface area contributed by atoms with Gasteiger partial charge in [0.2, 0.25) is 5.91 Å². The van der Waals surface area contributed by atoms with E-state index in [1.807, 2.05) is 13.1 Å². The number of methoxy groups -OCH3 is 1. The maximum Gasteiger partial charge on any atom is 0.346 e. The van der Waals surface area contributed by atoms with Crippen molar-refractivity contribution in [2.45, 2.75) is 56.7 Å². The lowest BCUT2D eigenvalue weighted by Crippen LogP contribution is -2.75. The molecule has 0 N–H and O–H groups in total. The molecule has 2 aromatic rings. The Morgan fingerprint density at radius 3 is 2.28 bits per heavy atom. The highest BCUT2D eigenvalue weighted by molar-refractivity contribution is 6.42. The van der Waals surface area contributed by atoms with Gasteiger partial charge in [0, 0.05) is 12.5 Å². The van der Waals surface area contributed by atoms with Crippen LogP contribution in [0.15, 0.2) is 42.5 Å². The molecular formula is C30H36Cl2N3O4+. The van der Waals surface area contributed by atoms with Crippen molar-refractivity contribution in [3.8, 4) is 0 Å². The molecular weight excluding hydrogens is 537 g/mol. The van der Waals surface area contributed by atoms with E-state index in [0.717, 1.165) is 37.9 Å². The zero-order valence-corrected chi connectivity index (χ0v) is 24.1. The summed E-state index contributed by atoms with van der Waals surface area (Å²) in [4.78, 5) is 44.5. The summed E-state index contributed by atoms with van der Waals surface area (Å²) in [5, 5.41) is 0.914. The van der Waals surface area contributed by atoms with Crippen LogP contribution in [0, 0.1) is 0 Å². The molecule has 39 heavy (non-hydrogen) atoms. The number of ether oxygens (including phenoxy) is 1. The number of quaternary nitrogens is 1. The van der Waals surface area contributed by atoms with Crippen molar-refractivity contribution in [3.63, 3.8) is 0 Å². The average molecular weight is 574 g/mol. The van der Waals surface area contributed by atoms with E-state index in [1.165, 1.54) is 20.0 Å². The number of carbonyl (C=O) groups excluding carboxylic acids is 3. The smallest absolute Gasteiger partial charge is 0.346 e. The van der Waals surface area contributed by atoms with Crippen LogP contribution in [-0.4, -0.2) is 90.5 Å². The maximum atomic E-state index is 14.1. The van der Waals surface area contributed by atoms with Crippen LogP contribution in [-0.2, 0) is 16.0 Å². The molecule has 3 fully saturated rings. The summed E-state index contributed by atoms with van der Waals surface area (Å²) in [6.07, 6.45) is 5.53. The van der Waals surface area contributed by atoms with Gasteiger partial charge < -0.3 is 9.64 Å². The van der Waals surface area contributed by atoms with Crippen molar-refractivity contribution in [1.29, 1.82) is 0 Å². The second-order valence-corrected chi connectivity index (χ2v) is 12.0. The van der Waals surface area contributed by atoms with E-state index in [2.05, 4.69) is 9.80 Å². The quantitative estimate of drug-likeness (QED) is 0.379. The average Bonchev–Trinajstić information content (AvgIpc) is 3.49. The first kappa shape index (κ1) is 28.1. The Morgan fingerprint density at radius 1 is 0.923 bits per heavy atom.